The molecule has 0 aliphatic heterocycles. The number of hydrogen-bond acceptors (Lipinski definition) is 3. The molecular formula is C13H12O2S2. The lowest BCUT2D eigenvalue weighted by atomic mass is 10.1. The van der Waals surface area contributed by atoms with Crippen LogP contribution in [0.1, 0.15) is 11.8 Å². The monoisotopic (exact) mass is 264 g/mol. The van der Waals surface area contributed by atoms with E-state index in [-0.39, 0.29) is 0 Å². The Balaban J connectivity index is 2.34. The Morgan fingerprint density at radius 3 is 2.47 bits per heavy atom. The summed E-state index contributed by atoms with van der Waals surface area (Å²) in [5.74, 6) is -0.811. The molecular weight excluding hydrogens is 252 g/mol. The van der Waals surface area contributed by atoms with Gasteiger partial charge in [0, 0.05) is 9.77 Å². The van der Waals surface area contributed by atoms with Crippen molar-refractivity contribution < 1.29 is 9.90 Å². The first-order valence-corrected chi connectivity index (χ1v) is 6.84. The van der Waals surface area contributed by atoms with Gasteiger partial charge in [-0.15, -0.1) is 23.1 Å². The van der Waals surface area contributed by atoms with Gasteiger partial charge in [-0.25, -0.2) is 0 Å². The zero-order valence-electron chi connectivity index (χ0n) is 9.29. The van der Waals surface area contributed by atoms with E-state index in [9.17, 15) is 9.90 Å². The van der Waals surface area contributed by atoms with Crippen LogP contribution in [0.3, 0.4) is 0 Å². The molecule has 17 heavy (non-hydrogen) atoms. The molecule has 0 amide bonds. The van der Waals surface area contributed by atoms with Gasteiger partial charge in [0.05, 0.1) is 0 Å². The highest BCUT2D eigenvalue weighted by atomic mass is 32.2. The Labute approximate surface area is 108 Å². The van der Waals surface area contributed by atoms with Gasteiger partial charge in [0.15, 0.2) is 0 Å². The molecule has 1 N–H and O–H groups in total. The summed E-state index contributed by atoms with van der Waals surface area (Å²) in [6, 6.07) is 13.4. The van der Waals surface area contributed by atoms with Crippen LogP contribution >= 0.6 is 23.1 Å². The van der Waals surface area contributed by atoms with Crippen molar-refractivity contribution in [2.24, 2.45) is 0 Å². The van der Waals surface area contributed by atoms with Crippen LogP contribution in [-0.2, 0) is 9.54 Å². The average molecular weight is 264 g/mol. The Morgan fingerprint density at radius 2 is 1.94 bits per heavy atom. The van der Waals surface area contributed by atoms with Crippen LogP contribution in [-0.4, -0.2) is 11.1 Å². The van der Waals surface area contributed by atoms with Gasteiger partial charge in [0.1, 0.15) is 4.75 Å². The summed E-state index contributed by atoms with van der Waals surface area (Å²) in [5.41, 5.74) is 0. The van der Waals surface area contributed by atoms with Crippen LogP contribution in [0.25, 0.3) is 0 Å². The van der Waals surface area contributed by atoms with Gasteiger partial charge in [-0.1, -0.05) is 24.3 Å². The summed E-state index contributed by atoms with van der Waals surface area (Å²) in [7, 11) is 0. The van der Waals surface area contributed by atoms with E-state index in [0.717, 1.165) is 9.77 Å². The second kappa shape index (κ2) is 4.94. The largest absolute Gasteiger partial charge is 0.480 e. The highest BCUT2D eigenvalue weighted by Gasteiger charge is 2.37. The number of hydrogen-bond donors (Lipinski definition) is 1. The minimum absolute atomic E-state index is 0.811. The molecule has 0 aliphatic rings. The summed E-state index contributed by atoms with van der Waals surface area (Å²) in [6.07, 6.45) is 0. The summed E-state index contributed by atoms with van der Waals surface area (Å²) < 4.78 is -0.921. The molecule has 0 radical (unpaired) electrons. The molecule has 0 fully saturated rings. The molecule has 2 nitrogen and oxygen atoms in total. The van der Waals surface area contributed by atoms with Gasteiger partial charge >= 0.3 is 5.97 Å². The minimum Gasteiger partial charge on any atom is -0.480 e. The molecule has 4 heteroatoms. The average Bonchev–Trinajstić information content (AvgIpc) is 2.84. The Bertz CT molecular complexity index is 493. The van der Waals surface area contributed by atoms with E-state index < -0.39 is 10.7 Å². The summed E-state index contributed by atoms with van der Waals surface area (Å²) >= 11 is 2.84. The molecule has 0 spiro atoms. The smallest absolute Gasteiger partial charge is 0.325 e. The molecule has 1 aromatic heterocycles. The van der Waals surface area contributed by atoms with Gasteiger partial charge in [-0.05, 0) is 30.5 Å². The normalized spacial score (nSPS) is 14.2. The highest BCUT2D eigenvalue weighted by Crippen LogP contribution is 2.43. The molecule has 1 aromatic carbocycles. The van der Waals surface area contributed by atoms with Crippen LogP contribution in [0.5, 0.6) is 0 Å². The van der Waals surface area contributed by atoms with Crippen molar-refractivity contribution in [1.82, 2.24) is 0 Å². The van der Waals surface area contributed by atoms with Crippen molar-refractivity contribution >= 4 is 29.1 Å². The zero-order chi connectivity index (χ0) is 12.3. The van der Waals surface area contributed by atoms with E-state index in [1.54, 1.807) is 6.92 Å². The fourth-order valence-electron chi connectivity index (χ4n) is 1.47. The predicted octanol–water partition coefficient (Wildman–Crippen LogP) is 3.84. The highest BCUT2D eigenvalue weighted by molar-refractivity contribution is 8.01. The second-order valence-corrected chi connectivity index (χ2v) is 6.17. The van der Waals surface area contributed by atoms with Gasteiger partial charge in [0.25, 0.3) is 0 Å². The van der Waals surface area contributed by atoms with E-state index in [1.807, 2.05) is 47.8 Å². The third-order valence-corrected chi connectivity index (χ3v) is 5.00. The Hall–Kier alpha value is -1.26. The SMILES string of the molecule is CC(Sc1ccccc1)(C(=O)O)c1cccs1. The van der Waals surface area contributed by atoms with Crippen molar-refractivity contribution in [3.05, 3.63) is 52.7 Å². The number of rotatable bonds is 4. The van der Waals surface area contributed by atoms with E-state index >= 15 is 0 Å². The number of carbonyl (C=O) groups is 1. The number of thioether (sulfide) groups is 1. The van der Waals surface area contributed by atoms with Crippen LogP contribution in [0.4, 0.5) is 0 Å². The van der Waals surface area contributed by atoms with Gasteiger partial charge in [-0.2, -0.15) is 0 Å². The standard InChI is InChI=1S/C13H12O2S2/c1-13(12(14)15,11-8-5-9-16-11)17-10-6-3-2-4-7-10/h2-9H,1H3,(H,14,15). The van der Waals surface area contributed by atoms with Crippen molar-refractivity contribution in [1.29, 1.82) is 0 Å². The molecule has 2 rings (SSSR count). The molecule has 0 saturated heterocycles. The van der Waals surface area contributed by atoms with Crippen molar-refractivity contribution in [3.63, 3.8) is 0 Å². The van der Waals surface area contributed by atoms with E-state index in [4.69, 9.17) is 0 Å². The number of benzene rings is 1. The maximum atomic E-state index is 11.5. The first-order valence-electron chi connectivity index (χ1n) is 5.14. The van der Waals surface area contributed by atoms with Gasteiger partial charge < -0.3 is 5.11 Å². The van der Waals surface area contributed by atoms with Crippen molar-refractivity contribution in [2.45, 2.75) is 16.6 Å². The summed E-state index contributed by atoms with van der Waals surface area (Å²) in [6.45, 7) is 1.75. The van der Waals surface area contributed by atoms with Crippen LogP contribution in [0.15, 0.2) is 52.7 Å². The number of carboxylic acid groups (broad SMARTS) is 1. The lowest BCUT2D eigenvalue weighted by Crippen LogP contribution is -2.27. The molecule has 1 atom stereocenters. The molecule has 1 unspecified atom stereocenters. The molecule has 0 aliphatic carbocycles. The third kappa shape index (κ3) is 2.53. The summed E-state index contributed by atoms with van der Waals surface area (Å²) in [5, 5.41) is 11.4. The Morgan fingerprint density at radius 1 is 1.24 bits per heavy atom. The topological polar surface area (TPSA) is 37.3 Å². The van der Waals surface area contributed by atoms with E-state index in [2.05, 4.69) is 0 Å². The predicted molar refractivity (Wildman–Crippen MR) is 71.6 cm³/mol. The fourth-order valence-corrected chi connectivity index (χ4v) is 3.54. The number of thiophene rings is 1. The Kier molecular flexibility index (Phi) is 3.54. The van der Waals surface area contributed by atoms with Crippen LogP contribution in [0, 0.1) is 0 Å². The molecule has 0 saturated carbocycles. The molecule has 88 valence electrons. The first kappa shape index (κ1) is 12.2. The molecule has 1 heterocycles. The van der Waals surface area contributed by atoms with Crippen molar-refractivity contribution in [3.8, 4) is 0 Å². The summed E-state index contributed by atoms with van der Waals surface area (Å²) in [4.78, 5) is 13.3. The maximum Gasteiger partial charge on any atom is 0.325 e. The number of aliphatic carboxylic acids is 1. The second-order valence-electron chi connectivity index (χ2n) is 3.73. The van der Waals surface area contributed by atoms with E-state index in [0.29, 0.717) is 0 Å². The molecule has 2 aromatic rings. The lowest BCUT2D eigenvalue weighted by molar-refractivity contribution is -0.139. The lowest BCUT2D eigenvalue weighted by Gasteiger charge is -2.22. The maximum absolute atomic E-state index is 11.5. The first-order chi connectivity index (χ1) is 8.13. The fraction of sp³-hybridized carbons (Fsp3) is 0.154. The quantitative estimate of drug-likeness (QED) is 0.852. The minimum atomic E-state index is -0.921. The van der Waals surface area contributed by atoms with Crippen LogP contribution < -0.4 is 0 Å². The third-order valence-electron chi connectivity index (χ3n) is 2.46. The van der Waals surface area contributed by atoms with Gasteiger partial charge in [0.2, 0.25) is 0 Å². The number of carboxylic acids is 1. The van der Waals surface area contributed by atoms with E-state index in [1.165, 1.54) is 23.1 Å². The van der Waals surface area contributed by atoms with Crippen molar-refractivity contribution in [2.75, 3.05) is 0 Å². The molecule has 0 bridgehead atoms. The van der Waals surface area contributed by atoms with Gasteiger partial charge in [-0.3, -0.25) is 4.79 Å². The zero-order valence-corrected chi connectivity index (χ0v) is 10.9. The van der Waals surface area contributed by atoms with Crippen LogP contribution in [0.2, 0.25) is 0 Å².